The highest BCUT2D eigenvalue weighted by Gasteiger charge is 2.27. The summed E-state index contributed by atoms with van der Waals surface area (Å²) >= 11 is 0. The molecule has 0 amide bonds. The molecule has 0 fully saturated rings. The minimum absolute atomic E-state index is 0.529. The molecule has 1 rings (SSSR count). The molecule has 0 bridgehead atoms. The lowest BCUT2D eigenvalue weighted by molar-refractivity contribution is 0.0845. The molecule has 1 N–H and O–H groups in total. The van der Waals surface area contributed by atoms with Crippen molar-refractivity contribution in [2.24, 2.45) is 0 Å². The van der Waals surface area contributed by atoms with Crippen molar-refractivity contribution in [1.82, 2.24) is 0 Å². The Bertz CT molecular complexity index is 382. The van der Waals surface area contributed by atoms with Gasteiger partial charge in [0.05, 0.1) is 0 Å². The molecule has 2 heteroatoms. The van der Waals surface area contributed by atoms with Gasteiger partial charge >= 0.3 is 0 Å². The first kappa shape index (κ1) is 15.7. The smallest absolute Gasteiger partial charge is 0.176 e. The summed E-state index contributed by atoms with van der Waals surface area (Å²) in [5.74, 6) is 0. The lowest BCUT2D eigenvalue weighted by Crippen LogP contribution is -2.23. The minimum atomic E-state index is -1.31. The van der Waals surface area contributed by atoms with Crippen LogP contribution in [0.1, 0.15) is 63.9 Å². The highest BCUT2D eigenvalue weighted by atomic mass is 16.3. The third kappa shape index (κ3) is 5.44. The predicted octanol–water partition coefficient (Wildman–Crippen LogP) is 4.54. The highest BCUT2D eigenvalue weighted by molar-refractivity contribution is 5.28. The van der Waals surface area contributed by atoms with Crippen LogP contribution in [0.4, 0.5) is 0 Å². The zero-order chi connectivity index (χ0) is 14.0. The van der Waals surface area contributed by atoms with E-state index in [-0.39, 0.29) is 0 Å². The van der Waals surface area contributed by atoms with Crippen molar-refractivity contribution in [2.45, 2.75) is 63.9 Å². The van der Waals surface area contributed by atoms with Gasteiger partial charge in [0.25, 0.3) is 0 Å². The van der Waals surface area contributed by atoms with Crippen LogP contribution in [0.25, 0.3) is 0 Å². The maximum atomic E-state index is 10.4. The molecule has 0 aliphatic rings. The summed E-state index contributed by atoms with van der Waals surface area (Å²) in [6.07, 6.45) is 8.89. The fourth-order valence-corrected chi connectivity index (χ4v) is 2.32. The highest BCUT2D eigenvalue weighted by Crippen LogP contribution is 2.26. The Morgan fingerprint density at radius 3 is 2.16 bits per heavy atom. The molecule has 0 aliphatic carbocycles. The number of aliphatic hydroxyl groups is 1. The standard InChI is InChI=1S/C17H25NO/c1-2-3-4-5-6-7-11-14-17(19,15-18)16-12-9-8-10-13-16/h8-10,12-13,19H,2-7,11,14H2,1H3/t17-/m0/s1. The quantitative estimate of drug-likeness (QED) is 0.522. The van der Waals surface area contributed by atoms with Crippen LogP contribution in [0, 0.1) is 11.3 Å². The second-order valence-corrected chi connectivity index (χ2v) is 5.21. The van der Waals surface area contributed by atoms with Crippen molar-refractivity contribution >= 4 is 0 Å². The van der Waals surface area contributed by atoms with Gasteiger partial charge in [-0.05, 0) is 18.4 Å². The fourth-order valence-electron chi connectivity index (χ4n) is 2.32. The van der Waals surface area contributed by atoms with Gasteiger partial charge in [0.15, 0.2) is 5.60 Å². The van der Waals surface area contributed by atoms with Gasteiger partial charge in [0.2, 0.25) is 0 Å². The second kappa shape index (κ2) is 8.72. The van der Waals surface area contributed by atoms with Gasteiger partial charge in [0.1, 0.15) is 6.07 Å². The summed E-state index contributed by atoms with van der Waals surface area (Å²) in [6.45, 7) is 2.22. The molecule has 2 nitrogen and oxygen atoms in total. The summed E-state index contributed by atoms with van der Waals surface area (Å²) in [4.78, 5) is 0. The molecule has 0 heterocycles. The van der Waals surface area contributed by atoms with E-state index < -0.39 is 5.60 Å². The second-order valence-electron chi connectivity index (χ2n) is 5.21. The largest absolute Gasteiger partial charge is 0.371 e. The Balaban J connectivity index is 2.32. The van der Waals surface area contributed by atoms with Crippen molar-refractivity contribution in [3.63, 3.8) is 0 Å². The lowest BCUT2D eigenvalue weighted by atomic mass is 9.89. The van der Waals surface area contributed by atoms with E-state index in [1.807, 2.05) is 30.3 Å². The van der Waals surface area contributed by atoms with E-state index in [1.54, 1.807) is 0 Å². The predicted molar refractivity (Wildman–Crippen MR) is 78.6 cm³/mol. The molecule has 0 aliphatic heterocycles. The van der Waals surface area contributed by atoms with E-state index in [2.05, 4.69) is 13.0 Å². The van der Waals surface area contributed by atoms with Gasteiger partial charge in [-0.1, -0.05) is 75.8 Å². The number of benzene rings is 1. The molecule has 104 valence electrons. The zero-order valence-corrected chi connectivity index (χ0v) is 11.9. The van der Waals surface area contributed by atoms with Crippen molar-refractivity contribution in [3.8, 4) is 6.07 Å². The first-order valence-electron chi connectivity index (χ1n) is 7.42. The van der Waals surface area contributed by atoms with Gasteiger partial charge < -0.3 is 5.11 Å². The first-order chi connectivity index (χ1) is 9.23. The van der Waals surface area contributed by atoms with E-state index in [1.165, 1.54) is 32.1 Å². The molecular weight excluding hydrogens is 234 g/mol. The summed E-state index contributed by atoms with van der Waals surface area (Å²) in [7, 11) is 0. The number of nitrogens with zero attached hydrogens (tertiary/aromatic N) is 1. The van der Waals surface area contributed by atoms with E-state index in [4.69, 9.17) is 0 Å². The number of unbranched alkanes of at least 4 members (excludes halogenated alkanes) is 6. The number of rotatable bonds is 9. The van der Waals surface area contributed by atoms with Crippen LogP contribution in [-0.2, 0) is 5.60 Å². The number of hydrogen-bond donors (Lipinski definition) is 1. The Morgan fingerprint density at radius 2 is 1.58 bits per heavy atom. The van der Waals surface area contributed by atoms with Gasteiger partial charge in [-0.3, -0.25) is 0 Å². The zero-order valence-electron chi connectivity index (χ0n) is 11.9. The van der Waals surface area contributed by atoms with Gasteiger partial charge in [-0.2, -0.15) is 5.26 Å². The third-order valence-electron chi connectivity index (χ3n) is 3.58. The molecule has 0 spiro atoms. The average molecular weight is 259 g/mol. The van der Waals surface area contributed by atoms with Gasteiger partial charge in [0, 0.05) is 0 Å². The Kier molecular flexibility index (Phi) is 7.22. The average Bonchev–Trinajstić information content (AvgIpc) is 2.47. The third-order valence-corrected chi connectivity index (χ3v) is 3.58. The van der Waals surface area contributed by atoms with Crippen LogP contribution < -0.4 is 0 Å². The van der Waals surface area contributed by atoms with Crippen LogP contribution in [0.15, 0.2) is 30.3 Å². The molecule has 0 saturated heterocycles. The molecule has 19 heavy (non-hydrogen) atoms. The summed E-state index contributed by atoms with van der Waals surface area (Å²) < 4.78 is 0. The lowest BCUT2D eigenvalue weighted by Gasteiger charge is -2.20. The first-order valence-corrected chi connectivity index (χ1v) is 7.42. The van der Waals surface area contributed by atoms with Gasteiger partial charge in [-0.15, -0.1) is 0 Å². The van der Waals surface area contributed by atoms with Crippen molar-refractivity contribution in [3.05, 3.63) is 35.9 Å². The normalized spacial score (nSPS) is 13.7. The maximum absolute atomic E-state index is 10.4. The minimum Gasteiger partial charge on any atom is -0.371 e. The summed E-state index contributed by atoms with van der Waals surface area (Å²) in [5.41, 5.74) is -0.603. The van der Waals surface area contributed by atoms with Gasteiger partial charge in [-0.25, -0.2) is 0 Å². The van der Waals surface area contributed by atoms with Crippen molar-refractivity contribution in [1.29, 1.82) is 5.26 Å². The topological polar surface area (TPSA) is 44.0 Å². The number of hydrogen-bond acceptors (Lipinski definition) is 2. The Morgan fingerprint density at radius 1 is 1.00 bits per heavy atom. The van der Waals surface area contributed by atoms with E-state index >= 15 is 0 Å². The fraction of sp³-hybridized carbons (Fsp3) is 0.588. The van der Waals surface area contributed by atoms with E-state index in [0.717, 1.165) is 12.8 Å². The number of nitriles is 1. The van der Waals surface area contributed by atoms with Crippen LogP contribution in [0.2, 0.25) is 0 Å². The Hall–Kier alpha value is -1.33. The van der Waals surface area contributed by atoms with E-state index in [0.29, 0.717) is 12.0 Å². The molecule has 0 radical (unpaired) electrons. The van der Waals surface area contributed by atoms with Crippen LogP contribution in [0.3, 0.4) is 0 Å². The molecule has 1 atom stereocenters. The molecule has 1 aromatic carbocycles. The Labute approximate surface area is 117 Å². The van der Waals surface area contributed by atoms with Crippen molar-refractivity contribution < 1.29 is 5.11 Å². The molecule has 0 saturated carbocycles. The van der Waals surface area contributed by atoms with Crippen LogP contribution in [0.5, 0.6) is 0 Å². The molecular formula is C17H25NO. The SMILES string of the molecule is CCCCCCCCC[C@](O)(C#N)c1ccccc1. The molecule has 0 aromatic heterocycles. The summed E-state index contributed by atoms with van der Waals surface area (Å²) in [5, 5.41) is 19.6. The van der Waals surface area contributed by atoms with Crippen molar-refractivity contribution in [2.75, 3.05) is 0 Å². The van der Waals surface area contributed by atoms with Crippen LogP contribution in [-0.4, -0.2) is 5.11 Å². The van der Waals surface area contributed by atoms with E-state index in [9.17, 15) is 10.4 Å². The monoisotopic (exact) mass is 259 g/mol. The van der Waals surface area contributed by atoms with Crippen LogP contribution >= 0.6 is 0 Å². The maximum Gasteiger partial charge on any atom is 0.176 e. The molecule has 1 aromatic rings. The molecule has 0 unspecified atom stereocenters. The summed E-state index contributed by atoms with van der Waals surface area (Å²) in [6, 6.07) is 11.3.